The third kappa shape index (κ3) is 4.44. The fourth-order valence-corrected chi connectivity index (χ4v) is 1.58. The molecule has 1 radical (unpaired) electrons. The van der Waals surface area contributed by atoms with Gasteiger partial charge in [0.1, 0.15) is 0 Å². The second-order valence-corrected chi connectivity index (χ2v) is 3.48. The molecule has 0 heterocycles. The Balaban J connectivity index is 3.58. The van der Waals surface area contributed by atoms with Crippen LogP contribution in [0, 0.1) is 18.8 Å². The highest BCUT2D eigenvalue weighted by atomic mass is 14.2. The van der Waals surface area contributed by atoms with Gasteiger partial charge < -0.3 is 0 Å². The molecule has 0 aromatic rings. The quantitative estimate of drug-likeness (QED) is 0.542. The molecular weight excluding hydrogens is 132 g/mol. The molecular formula is C11H23. The van der Waals surface area contributed by atoms with Crippen LogP contribution >= 0.6 is 0 Å². The molecule has 0 fully saturated rings. The first-order valence-corrected chi connectivity index (χ1v) is 5.07. The summed E-state index contributed by atoms with van der Waals surface area (Å²) in [6.45, 7) is 10.8. The van der Waals surface area contributed by atoms with Crippen LogP contribution in [0.25, 0.3) is 0 Å². The molecule has 0 nitrogen and oxygen atoms in total. The summed E-state index contributed by atoms with van der Waals surface area (Å²) < 4.78 is 0. The van der Waals surface area contributed by atoms with Gasteiger partial charge in [0.05, 0.1) is 0 Å². The zero-order valence-corrected chi connectivity index (χ0v) is 8.40. The predicted octanol–water partition coefficient (Wildman–Crippen LogP) is 4.06. The van der Waals surface area contributed by atoms with E-state index in [0.29, 0.717) is 0 Å². The van der Waals surface area contributed by atoms with Crippen molar-refractivity contribution in [3.8, 4) is 0 Å². The van der Waals surface area contributed by atoms with Gasteiger partial charge in [-0.1, -0.05) is 53.4 Å². The van der Waals surface area contributed by atoms with E-state index >= 15 is 0 Å². The van der Waals surface area contributed by atoms with Crippen molar-refractivity contribution in [2.75, 3.05) is 0 Å². The molecule has 11 heavy (non-hydrogen) atoms. The minimum atomic E-state index is 0.875. The lowest BCUT2D eigenvalue weighted by molar-refractivity contribution is 0.346. The highest BCUT2D eigenvalue weighted by Crippen LogP contribution is 2.22. The van der Waals surface area contributed by atoms with Gasteiger partial charge in [0.25, 0.3) is 0 Å². The molecule has 0 aromatic carbocycles. The topological polar surface area (TPSA) is 0 Å². The van der Waals surface area contributed by atoms with Crippen LogP contribution in [0.5, 0.6) is 0 Å². The molecule has 1 atom stereocenters. The normalized spacial score (nSPS) is 11.5. The molecule has 0 heteroatoms. The Kier molecular flexibility index (Phi) is 6.69. The zero-order valence-electron chi connectivity index (χ0n) is 8.40. The van der Waals surface area contributed by atoms with Crippen LogP contribution in [-0.2, 0) is 0 Å². The molecule has 0 aliphatic rings. The van der Waals surface area contributed by atoms with Gasteiger partial charge in [-0.15, -0.1) is 0 Å². The molecule has 0 spiro atoms. The van der Waals surface area contributed by atoms with Crippen LogP contribution in [0.4, 0.5) is 0 Å². The lowest BCUT2D eigenvalue weighted by Gasteiger charge is -2.18. The van der Waals surface area contributed by atoms with Crippen molar-refractivity contribution in [2.45, 2.75) is 52.9 Å². The van der Waals surface area contributed by atoms with E-state index in [9.17, 15) is 0 Å². The van der Waals surface area contributed by atoms with Crippen molar-refractivity contribution < 1.29 is 0 Å². The number of hydrogen-bond donors (Lipinski definition) is 0. The first kappa shape index (κ1) is 11.0. The van der Waals surface area contributed by atoms with E-state index in [1.165, 1.54) is 25.7 Å². The van der Waals surface area contributed by atoms with E-state index in [-0.39, 0.29) is 0 Å². The van der Waals surface area contributed by atoms with Gasteiger partial charge in [0, 0.05) is 0 Å². The van der Waals surface area contributed by atoms with E-state index in [4.69, 9.17) is 0 Å². The summed E-state index contributed by atoms with van der Waals surface area (Å²) in [7, 11) is 0. The SMILES string of the molecule is [CH2]CC(CC)CC(CC)CC. The Labute approximate surface area is 72.4 Å². The number of rotatable bonds is 6. The average Bonchev–Trinajstić information content (AvgIpc) is 2.07. The zero-order chi connectivity index (χ0) is 8.69. The molecule has 0 saturated heterocycles. The summed E-state index contributed by atoms with van der Waals surface area (Å²) in [4.78, 5) is 0. The fraction of sp³-hybridized carbons (Fsp3) is 0.909. The maximum Gasteiger partial charge on any atom is -0.0414 e. The molecule has 0 bridgehead atoms. The molecule has 0 aliphatic carbocycles. The van der Waals surface area contributed by atoms with E-state index in [1.54, 1.807) is 0 Å². The maximum atomic E-state index is 3.98. The van der Waals surface area contributed by atoms with Crippen molar-refractivity contribution in [3.05, 3.63) is 6.92 Å². The lowest BCUT2D eigenvalue weighted by atomic mass is 9.88. The Hall–Kier alpha value is 0. The monoisotopic (exact) mass is 155 g/mol. The van der Waals surface area contributed by atoms with Crippen LogP contribution in [0.2, 0.25) is 0 Å². The molecule has 0 saturated carbocycles. The van der Waals surface area contributed by atoms with Crippen molar-refractivity contribution in [3.63, 3.8) is 0 Å². The highest BCUT2D eigenvalue weighted by Gasteiger charge is 2.09. The van der Waals surface area contributed by atoms with Crippen LogP contribution in [0.1, 0.15) is 52.9 Å². The summed E-state index contributed by atoms with van der Waals surface area (Å²) in [6, 6.07) is 0. The largest absolute Gasteiger partial charge is 0.0651 e. The summed E-state index contributed by atoms with van der Waals surface area (Å²) in [5.74, 6) is 1.82. The molecule has 0 aromatic heterocycles. The van der Waals surface area contributed by atoms with Crippen LogP contribution in [0.15, 0.2) is 0 Å². The van der Waals surface area contributed by atoms with E-state index in [0.717, 1.165) is 18.3 Å². The summed E-state index contributed by atoms with van der Waals surface area (Å²) in [6.07, 6.45) is 6.50. The second kappa shape index (κ2) is 6.69. The maximum absolute atomic E-state index is 3.98. The lowest BCUT2D eigenvalue weighted by Crippen LogP contribution is -2.06. The first-order valence-electron chi connectivity index (χ1n) is 5.07. The van der Waals surface area contributed by atoms with E-state index in [1.807, 2.05) is 0 Å². The third-order valence-corrected chi connectivity index (χ3v) is 2.81. The van der Waals surface area contributed by atoms with Gasteiger partial charge in [-0.2, -0.15) is 0 Å². The smallest absolute Gasteiger partial charge is 0.0414 e. The third-order valence-electron chi connectivity index (χ3n) is 2.81. The number of hydrogen-bond acceptors (Lipinski definition) is 0. The minimum absolute atomic E-state index is 0.875. The molecule has 0 aliphatic heterocycles. The Morgan fingerprint density at radius 3 is 1.64 bits per heavy atom. The van der Waals surface area contributed by atoms with Gasteiger partial charge in [-0.05, 0) is 18.3 Å². The summed E-state index contributed by atoms with van der Waals surface area (Å²) in [5, 5.41) is 0. The van der Waals surface area contributed by atoms with Crippen molar-refractivity contribution in [1.29, 1.82) is 0 Å². The molecule has 67 valence electrons. The second-order valence-electron chi connectivity index (χ2n) is 3.48. The predicted molar refractivity (Wildman–Crippen MR) is 52.4 cm³/mol. The molecule has 0 N–H and O–H groups in total. The highest BCUT2D eigenvalue weighted by molar-refractivity contribution is 4.64. The molecule has 0 rings (SSSR count). The van der Waals surface area contributed by atoms with Crippen LogP contribution < -0.4 is 0 Å². The van der Waals surface area contributed by atoms with Crippen molar-refractivity contribution in [2.24, 2.45) is 11.8 Å². The molecule has 1 unspecified atom stereocenters. The van der Waals surface area contributed by atoms with Gasteiger partial charge >= 0.3 is 0 Å². The van der Waals surface area contributed by atoms with E-state index < -0.39 is 0 Å². The van der Waals surface area contributed by atoms with Crippen molar-refractivity contribution in [1.82, 2.24) is 0 Å². The first-order chi connectivity index (χ1) is 5.28. The average molecular weight is 155 g/mol. The Morgan fingerprint density at radius 2 is 1.36 bits per heavy atom. The summed E-state index contributed by atoms with van der Waals surface area (Å²) >= 11 is 0. The Bertz CT molecular complexity index is 58.1. The van der Waals surface area contributed by atoms with Crippen LogP contribution in [0.3, 0.4) is 0 Å². The van der Waals surface area contributed by atoms with Gasteiger partial charge in [0.2, 0.25) is 0 Å². The van der Waals surface area contributed by atoms with E-state index in [2.05, 4.69) is 27.7 Å². The van der Waals surface area contributed by atoms with Crippen LogP contribution in [-0.4, -0.2) is 0 Å². The van der Waals surface area contributed by atoms with Crippen molar-refractivity contribution >= 4 is 0 Å². The van der Waals surface area contributed by atoms with Gasteiger partial charge in [0.15, 0.2) is 0 Å². The minimum Gasteiger partial charge on any atom is -0.0651 e. The molecule has 0 amide bonds. The fourth-order valence-electron chi connectivity index (χ4n) is 1.58. The Morgan fingerprint density at radius 1 is 0.909 bits per heavy atom. The summed E-state index contributed by atoms with van der Waals surface area (Å²) in [5.41, 5.74) is 0. The standard InChI is InChI=1S/C11H23/c1-5-10(6-2)9-11(7-3)8-4/h10-11H,1,5-9H2,2-4H3. The van der Waals surface area contributed by atoms with Gasteiger partial charge in [-0.25, -0.2) is 0 Å². The van der Waals surface area contributed by atoms with Gasteiger partial charge in [-0.3, -0.25) is 0 Å².